The minimum atomic E-state index is -2.61. The summed E-state index contributed by atoms with van der Waals surface area (Å²) in [5.74, 6) is -9.54. The van der Waals surface area contributed by atoms with Gasteiger partial charge in [-0.2, -0.15) is 0 Å². The summed E-state index contributed by atoms with van der Waals surface area (Å²) in [6.07, 6.45) is 0.716. The highest BCUT2D eigenvalue weighted by Gasteiger charge is 2.84. The van der Waals surface area contributed by atoms with Gasteiger partial charge in [-0.3, -0.25) is 19.2 Å². The second-order valence-electron chi connectivity index (χ2n) is 12.2. The highest BCUT2D eigenvalue weighted by Crippen LogP contribution is 2.75. The number of ketones is 3. The van der Waals surface area contributed by atoms with Crippen molar-refractivity contribution in [1.82, 2.24) is 0 Å². The number of rotatable bonds is 3. The average Bonchev–Trinajstić information content (AvgIpc) is 2.98. The molecule has 0 radical (unpaired) electrons. The van der Waals surface area contributed by atoms with Crippen molar-refractivity contribution in [2.75, 3.05) is 7.11 Å². The predicted octanol–water partition coefficient (Wildman–Crippen LogP) is 1.52. The first kappa shape index (κ1) is 25.7. The van der Waals surface area contributed by atoms with E-state index in [1.54, 1.807) is 20.8 Å². The Morgan fingerprint density at radius 1 is 1.11 bits per heavy atom. The molecule has 192 valence electrons. The molecular formula is C26H34O9. The molecule has 9 nitrogen and oxygen atoms in total. The molecule has 4 aliphatic rings. The molecule has 1 heterocycles. The Hall–Kier alpha value is -2.39. The van der Waals surface area contributed by atoms with Crippen LogP contribution in [-0.2, 0) is 33.4 Å². The molecule has 0 aromatic carbocycles. The Morgan fingerprint density at radius 2 is 1.69 bits per heavy atom. The van der Waals surface area contributed by atoms with Crippen LogP contribution in [0.15, 0.2) is 12.2 Å². The van der Waals surface area contributed by atoms with Crippen LogP contribution in [-0.4, -0.2) is 58.0 Å². The highest BCUT2D eigenvalue weighted by molar-refractivity contribution is 6.12. The van der Waals surface area contributed by atoms with Gasteiger partial charge in [-0.05, 0) is 38.0 Å². The first-order valence-corrected chi connectivity index (χ1v) is 11.9. The van der Waals surface area contributed by atoms with Crippen LogP contribution < -0.4 is 0 Å². The molecule has 8 atom stereocenters. The molecule has 2 N–H and O–H groups in total. The van der Waals surface area contributed by atoms with Crippen molar-refractivity contribution in [2.45, 2.75) is 72.2 Å². The van der Waals surface area contributed by atoms with E-state index < -0.39 is 74.3 Å². The van der Waals surface area contributed by atoms with Crippen LogP contribution >= 0.6 is 0 Å². The van der Waals surface area contributed by atoms with E-state index in [1.807, 2.05) is 6.92 Å². The van der Waals surface area contributed by atoms with E-state index >= 15 is 0 Å². The van der Waals surface area contributed by atoms with Crippen LogP contribution in [0.4, 0.5) is 0 Å². The minimum absolute atomic E-state index is 0.106. The number of Topliss-reactive ketones (excluding diaryl/α,β-unsaturated/α-hetero) is 3. The summed E-state index contributed by atoms with van der Waals surface area (Å²) in [6, 6.07) is 0. The molecule has 1 aliphatic heterocycles. The number of hydrogen-bond donors (Lipinski definition) is 2. The fraction of sp³-hybridized carbons (Fsp3) is 0.731. The Bertz CT molecular complexity index is 1100. The van der Waals surface area contributed by atoms with Crippen LogP contribution in [0.25, 0.3) is 0 Å². The number of fused-ring (bicyclic) bond motifs is 2. The zero-order valence-electron chi connectivity index (χ0n) is 21.3. The molecule has 0 spiro atoms. The molecule has 9 heteroatoms. The first-order chi connectivity index (χ1) is 15.8. The number of allylic oxidation sites excluding steroid dienone is 1. The lowest BCUT2D eigenvalue weighted by molar-refractivity contribution is -0.278. The van der Waals surface area contributed by atoms with Crippen molar-refractivity contribution in [2.24, 2.45) is 39.4 Å². The van der Waals surface area contributed by atoms with Gasteiger partial charge < -0.3 is 19.7 Å². The molecule has 0 aromatic heterocycles. The standard InChI is InChI=1S/C26H34O9/c1-12-11-13-22(4)10-9-14(27)21(2,3)15(22)17(28)26(33)24(13,6)16(18(29)35-26)23(12,5)19(30)25(7,32)20(31)34-8/h13,15-16,32-33H,1,9-11H2,2-8H3. The lowest BCUT2D eigenvalue weighted by Gasteiger charge is -2.66. The molecule has 0 amide bonds. The van der Waals surface area contributed by atoms with Crippen LogP contribution in [0.2, 0.25) is 0 Å². The van der Waals surface area contributed by atoms with E-state index in [1.165, 1.54) is 6.92 Å². The zero-order chi connectivity index (χ0) is 26.7. The third kappa shape index (κ3) is 2.58. The average molecular weight is 491 g/mol. The Balaban J connectivity index is 1.97. The van der Waals surface area contributed by atoms with Crippen molar-refractivity contribution in [3.63, 3.8) is 0 Å². The van der Waals surface area contributed by atoms with Gasteiger partial charge in [0.05, 0.1) is 23.9 Å². The van der Waals surface area contributed by atoms with E-state index in [0.29, 0.717) is 6.42 Å². The molecule has 35 heavy (non-hydrogen) atoms. The van der Waals surface area contributed by atoms with E-state index in [4.69, 9.17) is 4.74 Å². The summed E-state index contributed by atoms with van der Waals surface area (Å²) in [7, 11) is 1.02. The van der Waals surface area contributed by atoms with Crippen LogP contribution in [0, 0.1) is 39.4 Å². The molecule has 0 bridgehead atoms. The summed E-state index contributed by atoms with van der Waals surface area (Å²) in [5.41, 5.74) is -7.66. The van der Waals surface area contributed by atoms with E-state index in [-0.39, 0.29) is 24.2 Å². The quantitative estimate of drug-likeness (QED) is 0.342. The van der Waals surface area contributed by atoms with Crippen molar-refractivity contribution in [3.05, 3.63) is 12.2 Å². The number of carbonyl (C=O) groups is 5. The second-order valence-corrected chi connectivity index (χ2v) is 12.2. The largest absolute Gasteiger partial charge is 0.467 e. The maximum Gasteiger partial charge on any atom is 0.345 e. The van der Waals surface area contributed by atoms with Gasteiger partial charge in [-0.1, -0.05) is 39.8 Å². The summed E-state index contributed by atoms with van der Waals surface area (Å²) in [6.45, 7) is 13.3. The lowest BCUT2D eigenvalue weighted by atomic mass is 9.35. The molecule has 1 saturated heterocycles. The molecule has 0 aromatic rings. The van der Waals surface area contributed by atoms with Crippen LogP contribution in [0.1, 0.15) is 60.8 Å². The Kier molecular flexibility index (Phi) is 5.05. The van der Waals surface area contributed by atoms with Crippen molar-refractivity contribution in [1.29, 1.82) is 0 Å². The SMILES string of the molecule is C=C1CC2C3(C)CCC(=O)C(C)(C)C3C(=O)C3(O)OC(=O)C(C1(C)C(=O)C(C)(O)C(=O)OC)C23C. The Morgan fingerprint density at radius 3 is 2.23 bits per heavy atom. The number of esters is 2. The summed E-state index contributed by atoms with van der Waals surface area (Å²) in [4.78, 5) is 66.4. The van der Waals surface area contributed by atoms with Gasteiger partial charge in [0.15, 0.2) is 5.78 Å². The molecule has 4 rings (SSSR count). The number of hydrogen-bond acceptors (Lipinski definition) is 9. The van der Waals surface area contributed by atoms with Gasteiger partial charge in [-0.15, -0.1) is 0 Å². The second kappa shape index (κ2) is 6.88. The summed E-state index contributed by atoms with van der Waals surface area (Å²) < 4.78 is 10.1. The molecule has 4 fully saturated rings. The number of aliphatic hydroxyl groups is 2. The van der Waals surface area contributed by atoms with Crippen LogP contribution in [0.3, 0.4) is 0 Å². The first-order valence-electron chi connectivity index (χ1n) is 11.9. The lowest BCUT2D eigenvalue weighted by Crippen LogP contribution is -2.74. The molecule has 3 aliphatic carbocycles. The maximum absolute atomic E-state index is 14.0. The van der Waals surface area contributed by atoms with E-state index in [0.717, 1.165) is 14.0 Å². The third-order valence-corrected chi connectivity index (χ3v) is 10.2. The maximum atomic E-state index is 14.0. The van der Waals surface area contributed by atoms with Crippen molar-refractivity contribution < 1.29 is 43.7 Å². The van der Waals surface area contributed by atoms with Gasteiger partial charge in [0, 0.05) is 17.8 Å². The van der Waals surface area contributed by atoms with Crippen molar-refractivity contribution >= 4 is 29.3 Å². The fourth-order valence-electron chi connectivity index (χ4n) is 8.26. The topological polar surface area (TPSA) is 144 Å². The van der Waals surface area contributed by atoms with E-state index in [9.17, 15) is 34.2 Å². The smallest absolute Gasteiger partial charge is 0.345 e. The van der Waals surface area contributed by atoms with Gasteiger partial charge >= 0.3 is 11.9 Å². The minimum Gasteiger partial charge on any atom is -0.467 e. The normalized spacial score (nSPS) is 45.7. The van der Waals surface area contributed by atoms with E-state index in [2.05, 4.69) is 11.3 Å². The highest BCUT2D eigenvalue weighted by atomic mass is 16.7. The monoisotopic (exact) mass is 490 g/mol. The Labute approximate surface area is 204 Å². The fourth-order valence-corrected chi connectivity index (χ4v) is 8.26. The van der Waals surface area contributed by atoms with Gasteiger partial charge in [0.2, 0.25) is 11.4 Å². The third-order valence-electron chi connectivity index (χ3n) is 10.2. The summed E-state index contributed by atoms with van der Waals surface area (Å²) >= 11 is 0. The van der Waals surface area contributed by atoms with Gasteiger partial charge in [0.25, 0.3) is 5.79 Å². The molecule has 8 unspecified atom stereocenters. The van der Waals surface area contributed by atoms with Gasteiger partial charge in [-0.25, -0.2) is 4.79 Å². The summed E-state index contributed by atoms with van der Waals surface area (Å²) in [5, 5.41) is 22.7. The van der Waals surface area contributed by atoms with Gasteiger partial charge in [0.1, 0.15) is 5.78 Å². The van der Waals surface area contributed by atoms with Crippen LogP contribution in [0.5, 0.6) is 0 Å². The molecule has 3 saturated carbocycles. The zero-order valence-corrected chi connectivity index (χ0v) is 21.3. The molecular weight excluding hydrogens is 456 g/mol. The number of methoxy groups -OCH3 is 1. The number of carbonyl (C=O) groups excluding carboxylic acids is 5. The van der Waals surface area contributed by atoms with Crippen molar-refractivity contribution in [3.8, 4) is 0 Å². The predicted molar refractivity (Wildman–Crippen MR) is 120 cm³/mol. The number of ether oxygens (including phenoxy) is 2.